The Balaban J connectivity index is 2.10. The van der Waals surface area contributed by atoms with Crippen LogP contribution in [0.3, 0.4) is 0 Å². The van der Waals surface area contributed by atoms with Crippen molar-refractivity contribution >= 4 is 5.91 Å². The molecule has 7 unspecified atom stereocenters. The van der Waals surface area contributed by atoms with Crippen LogP contribution in [0.15, 0.2) is 48.6 Å². The Morgan fingerprint density at radius 3 is 1.15 bits per heavy atom. The van der Waals surface area contributed by atoms with Crippen LogP contribution in [-0.2, 0) is 14.3 Å². The van der Waals surface area contributed by atoms with E-state index in [1.807, 2.05) is 0 Å². The van der Waals surface area contributed by atoms with Crippen molar-refractivity contribution in [2.75, 3.05) is 13.2 Å². The third-order valence-electron chi connectivity index (χ3n) is 16.7. The molecule has 1 rings (SSSR count). The van der Waals surface area contributed by atoms with E-state index in [0.717, 1.165) is 64.2 Å². The van der Waals surface area contributed by atoms with Crippen molar-refractivity contribution in [3.05, 3.63) is 48.6 Å². The highest BCUT2D eigenvalue weighted by molar-refractivity contribution is 5.76. The Hall–Kier alpha value is -1.85. The first kappa shape index (κ1) is 76.2. The van der Waals surface area contributed by atoms with Gasteiger partial charge in [-0.1, -0.05) is 332 Å². The second kappa shape index (κ2) is 60.3. The molecule has 9 heteroatoms. The maximum absolute atomic E-state index is 13.2. The van der Waals surface area contributed by atoms with Crippen LogP contribution < -0.4 is 5.32 Å². The van der Waals surface area contributed by atoms with Gasteiger partial charge in [-0.3, -0.25) is 4.79 Å². The summed E-state index contributed by atoms with van der Waals surface area (Å²) < 4.78 is 11.4. The Bertz CT molecular complexity index is 1400. The molecule has 7 atom stereocenters. The minimum Gasteiger partial charge on any atom is -0.394 e. The lowest BCUT2D eigenvalue weighted by atomic mass is 9.99. The molecule has 6 N–H and O–H groups in total. The van der Waals surface area contributed by atoms with E-state index in [4.69, 9.17) is 9.47 Å². The molecule has 1 amide bonds. The minimum atomic E-state index is -1.55. The number of rotatable bonds is 61. The number of aliphatic hydroxyl groups is 5. The number of aliphatic hydroxyl groups excluding tert-OH is 5. The number of hydrogen-bond donors (Lipinski definition) is 6. The molecule has 9 nitrogen and oxygen atoms in total. The molecule has 0 bridgehead atoms. The molecule has 1 aliphatic rings. The summed E-state index contributed by atoms with van der Waals surface area (Å²) in [5, 5.41) is 54.9. The summed E-state index contributed by atoms with van der Waals surface area (Å²) in [4.78, 5) is 13.2. The van der Waals surface area contributed by atoms with Gasteiger partial charge in [-0.15, -0.1) is 0 Å². The maximum atomic E-state index is 13.2. The van der Waals surface area contributed by atoms with Crippen molar-refractivity contribution in [2.45, 2.75) is 384 Å². The molecule has 1 heterocycles. The number of unbranched alkanes of at least 4 members (excludes halogenated alkanes) is 43. The van der Waals surface area contributed by atoms with E-state index in [-0.39, 0.29) is 12.5 Å². The van der Waals surface area contributed by atoms with Gasteiger partial charge in [0.05, 0.1) is 25.4 Å². The third kappa shape index (κ3) is 48.5. The Kier molecular flexibility index (Phi) is 57.4. The van der Waals surface area contributed by atoms with Gasteiger partial charge in [-0.2, -0.15) is 0 Å². The fraction of sp³-hybridized carbons (Fsp3) is 0.873. The standard InChI is InChI=1S/C71H133NO8/c1-3-5-7-9-11-13-15-17-19-21-23-25-27-29-30-31-32-33-34-35-36-37-39-41-43-45-47-49-51-53-55-57-59-61-67(75)72-64(63-79-71-70(78)69(77)68(76)66(62-73)80-71)65(74)60-58-56-54-52-50-48-46-44-42-40-38-28-26-24-22-20-18-16-14-12-10-8-6-4-2/h5,7,11,13,17,19,23,25,64-66,68-71,73-74,76-78H,3-4,6,8-10,12,14-16,18,20-22,24,26-63H2,1-2H3,(H,72,75)/b7-5-,13-11-,19-17-,25-23-. The molecule has 80 heavy (non-hydrogen) atoms. The van der Waals surface area contributed by atoms with Crippen LogP contribution in [0.4, 0.5) is 0 Å². The van der Waals surface area contributed by atoms with E-state index in [0.29, 0.717) is 12.8 Å². The van der Waals surface area contributed by atoms with Crippen molar-refractivity contribution in [2.24, 2.45) is 0 Å². The van der Waals surface area contributed by atoms with Gasteiger partial charge in [0, 0.05) is 6.42 Å². The fourth-order valence-electron chi connectivity index (χ4n) is 11.3. The smallest absolute Gasteiger partial charge is 0.220 e. The van der Waals surface area contributed by atoms with Crippen LogP contribution in [0.2, 0.25) is 0 Å². The zero-order valence-electron chi connectivity index (χ0n) is 52.6. The lowest BCUT2D eigenvalue weighted by molar-refractivity contribution is -0.302. The van der Waals surface area contributed by atoms with Crippen LogP contribution in [0.25, 0.3) is 0 Å². The summed E-state index contributed by atoms with van der Waals surface area (Å²) in [7, 11) is 0. The van der Waals surface area contributed by atoms with Crippen molar-refractivity contribution in [3.63, 3.8) is 0 Å². The van der Waals surface area contributed by atoms with Crippen molar-refractivity contribution in [1.29, 1.82) is 0 Å². The first-order valence-electron chi connectivity index (χ1n) is 34.8. The number of carbonyl (C=O) groups is 1. The quantitative estimate of drug-likeness (QED) is 0.0261. The molecular weight excluding hydrogens is 995 g/mol. The molecule has 0 saturated carbocycles. The zero-order valence-corrected chi connectivity index (χ0v) is 52.6. The summed E-state index contributed by atoms with van der Waals surface area (Å²) in [6, 6.07) is -0.719. The minimum absolute atomic E-state index is 0.134. The van der Waals surface area contributed by atoms with Gasteiger partial charge in [0.1, 0.15) is 24.4 Å². The summed E-state index contributed by atoms with van der Waals surface area (Å²) in [6.07, 6.45) is 74.6. The highest BCUT2D eigenvalue weighted by atomic mass is 16.7. The number of nitrogens with one attached hydrogen (secondary N) is 1. The average Bonchev–Trinajstić information content (AvgIpc) is 3.46. The SMILES string of the molecule is CC/C=C\C/C=C\C/C=C\C/C=C\CCCCCCCCCCCCCCCCCCCCCCC(=O)NC(COC1OC(CO)C(O)C(O)C1O)C(O)CCCCCCCCCCCCCCCCCCCCCCCCCC. The molecule has 470 valence electrons. The topological polar surface area (TPSA) is 149 Å². The molecule has 0 radical (unpaired) electrons. The van der Waals surface area contributed by atoms with E-state index >= 15 is 0 Å². The van der Waals surface area contributed by atoms with Gasteiger partial charge in [-0.25, -0.2) is 0 Å². The number of hydrogen-bond acceptors (Lipinski definition) is 8. The largest absolute Gasteiger partial charge is 0.394 e. The normalized spacial score (nSPS) is 18.7. The van der Waals surface area contributed by atoms with Crippen molar-refractivity contribution in [3.8, 4) is 0 Å². The van der Waals surface area contributed by atoms with Crippen LogP contribution >= 0.6 is 0 Å². The molecule has 0 spiro atoms. The highest BCUT2D eigenvalue weighted by Crippen LogP contribution is 2.24. The molecular formula is C71H133NO8. The van der Waals surface area contributed by atoms with E-state index in [1.54, 1.807) is 0 Å². The Morgan fingerprint density at radius 2 is 0.775 bits per heavy atom. The van der Waals surface area contributed by atoms with E-state index in [9.17, 15) is 30.3 Å². The lowest BCUT2D eigenvalue weighted by Gasteiger charge is -2.40. The first-order chi connectivity index (χ1) is 39.3. The second-order valence-corrected chi connectivity index (χ2v) is 24.3. The van der Waals surface area contributed by atoms with Crippen LogP contribution in [0.5, 0.6) is 0 Å². The Morgan fingerprint density at radius 1 is 0.438 bits per heavy atom. The number of ether oxygens (including phenoxy) is 2. The van der Waals surface area contributed by atoms with Crippen LogP contribution in [0.1, 0.15) is 341 Å². The Labute approximate surface area is 494 Å². The summed E-state index contributed by atoms with van der Waals surface area (Å²) in [6.45, 7) is 3.78. The zero-order chi connectivity index (χ0) is 57.9. The molecule has 1 fully saturated rings. The fourth-order valence-corrected chi connectivity index (χ4v) is 11.3. The molecule has 0 aromatic carbocycles. The molecule has 1 saturated heterocycles. The predicted molar refractivity (Wildman–Crippen MR) is 341 cm³/mol. The number of carbonyl (C=O) groups excluding carboxylic acids is 1. The van der Waals surface area contributed by atoms with Gasteiger partial charge in [0.2, 0.25) is 5.91 Å². The van der Waals surface area contributed by atoms with Gasteiger partial charge >= 0.3 is 0 Å². The van der Waals surface area contributed by atoms with Gasteiger partial charge in [0.25, 0.3) is 0 Å². The van der Waals surface area contributed by atoms with Gasteiger partial charge in [0.15, 0.2) is 6.29 Å². The summed E-state index contributed by atoms with van der Waals surface area (Å²) >= 11 is 0. The first-order valence-corrected chi connectivity index (χ1v) is 34.8. The number of allylic oxidation sites excluding steroid dienone is 8. The molecule has 0 aromatic rings. The third-order valence-corrected chi connectivity index (χ3v) is 16.7. The van der Waals surface area contributed by atoms with Crippen LogP contribution in [0, 0.1) is 0 Å². The van der Waals surface area contributed by atoms with E-state index < -0.39 is 49.5 Å². The second-order valence-electron chi connectivity index (χ2n) is 24.3. The molecule has 1 aliphatic heterocycles. The summed E-state index contributed by atoms with van der Waals surface area (Å²) in [5.41, 5.74) is 0. The lowest BCUT2D eigenvalue weighted by Crippen LogP contribution is -2.60. The maximum Gasteiger partial charge on any atom is 0.220 e. The van der Waals surface area contributed by atoms with E-state index in [1.165, 1.54) is 250 Å². The van der Waals surface area contributed by atoms with E-state index in [2.05, 4.69) is 67.8 Å². The highest BCUT2D eigenvalue weighted by Gasteiger charge is 2.44. The monoisotopic (exact) mass is 1130 g/mol. The van der Waals surface area contributed by atoms with Crippen LogP contribution in [-0.4, -0.2) is 87.5 Å². The summed E-state index contributed by atoms with van der Waals surface area (Å²) in [5.74, 6) is -0.138. The van der Waals surface area contributed by atoms with Crippen molar-refractivity contribution < 1.29 is 39.8 Å². The van der Waals surface area contributed by atoms with Gasteiger partial charge < -0.3 is 40.3 Å². The van der Waals surface area contributed by atoms with Gasteiger partial charge in [-0.05, 0) is 51.4 Å². The molecule has 0 aliphatic carbocycles. The number of amides is 1. The average molecular weight is 1130 g/mol. The predicted octanol–water partition coefficient (Wildman–Crippen LogP) is 18.8. The molecule has 0 aromatic heterocycles. The van der Waals surface area contributed by atoms with Crippen molar-refractivity contribution in [1.82, 2.24) is 5.32 Å².